The van der Waals surface area contributed by atoms with Crippen LogP contribution in [0.25, 0.3) is 0 Å². The van der Waals surface area contributed by atoms with E-state index in [9.17, 15) is 0 Å². The highest BCUT2D eigenvalue weighted by atomic mass is 16.5. The molecule has 1 fully saturated rings. The Morgan fingerprint density at radius 2 is 1.94 bits per heavy atom. The lowest BCUT2D eigenvalue weighted by Crippen LogP contribution is -2.24. The van der Waals surface area contributed by atoms with Gasteiger partial charge in [0.15, 0.2) is 0 Å². The van der Waals surface area contributed by atoms with Gasteiger partial charge in [0, 0.05) is 24.3 Å². The van der Waals surface area contributed by atoms with E-state index >= 15 is 0 Å². The summed E-state index contributed by atoms with van der Waals surface area (Å²) in [6, 6.07) is 9.49. The smallest absolute Gasteiger partial charge is 0.119 e. The van der Waals surface area contributed by atoms with Crippen molar-refractivity contribution in [1.82, 2.24) is 4.90 Å². The molecule has 2 rings (SSSR count). The highest BCUT2D eigenvalue weighted by Crippen LogP contribution is 2.21. The minimum atomic E-state index is 0.230. The Labute approximate surface area is 110 Å². The molecule has 0 spiro atoms. The molecule has 1 heterocycles. The average Bonchev–Trinajstić information content (AvgIpc) is 2.60. The van der Waals surface area contributed by atoms with E-state index in [2.05, 4.69) is 36.3 Å². The molecular weight excluding hydrogens is 224 g/mol. The molecule has 1 aromatic rings. The van der Waals surface area contributed by atoms with Crippen molar-refractivity contribution in [1.29, 1.82) is 0 Å². The van der Waals surface area contributed by atoms with Gasteiger partial charge in [-0.2, -0.15) is 0 Å². The summed E-state index contributed by atoms with van der Waals surface area (Å²) in [7, 11) is 2.19. The zero-order chi connectivity index (χ0) is 13.1. The Kier molecular flexibility index (Phi) is 4.12. The number of benzene rings is 1. The summed E-state index contributed by atoms with van der Waals surface area (Å²) < 4.78 is 5.64. The van der Waals surface area contributed by atoms with Crippen molar-refractivity contribution < 1.29 is 4.74 Å². The van der Waals surface area contributed by atoms with Gasteiger partial charge < -0.3 is 15.0 Å². The van der Waals surface area contributed by atoms with E-state index in [0.29, 0.717) is 12.1 Å². The lowest BCUT2D eigenvalue weighted by atomic mass is 10.2. The molecular formula is C15H24N2O. The van der Waals surface area contributed by atoms with Gasteiger partial charge in [0.05, 0.1) is 6.10 Å². The highest BCUT2D eigenvalue weighted by Gasteiger charge is 2.25. The number of likely N-dealkylation sites (tertiary alicyclic amines) is 1. The monoisotopic (exact) mass is 248 g/mol. The van der Waals surface area contributed by atoms with Crippen molar-refractivity contribution in [2.75, 3.05) is 18.9 Å². The summed E-state index contributed by atoms with van der Waals surface area (Å²) in [5.41, 5.74) is 1.18. The van der Waals surface area contributed by atoms with Crippen LogP contribution < -0.4 is 10.1 Å². The van der Waals surface area contributed by atoms with Crippen molar-refractivity contribution >= 4 is 5.69 Å². The molecule has 2 unspecified atom stereocenters. The topological polar surface area (TPSA) is 24.5 Å². The van der Waals surface area contributed by atoms with E-state index in [4.69, 9.17) is 4.74 Å². The zero-order valence-electron chi connectivity index (χ0n) is 11.8. The van der Waals surface area contributed by atoms with Gasteiger partial charge >= 0.3 is 0 Å². The molecule has 0 bridgehead atoms. The average molecular weight is 248 g/mol. The van der Waals surface area contributed by atoms with Crippen molar-refractivity contribution in [3.8, 4) is 5.75 Å². The van der Waals surface area contributed by atoms with Crippen LogP contribution in [0.1, 0.15) is 27.2 Å². The molecule has 3 heteroatoms. The second-order valence-electron chi connectivity index (χ2n) is 5.56. The Morgan fingerprint density at radius 3 is 2.44 bits per heavy atom. The summed E-state index contributed by atoms with van der Waals surface area (Å²) in [5.74, 6) is 0.937. The molecule has 1 N–H and O–H groups in total. The molecule has 100 valence electrons. The van der Waals surface area contributed by atoms with Crippen LogP contribution in [0, 0.1) is 0 Å². The predicted octanol–water partition coefficient (Wildman–Crippen LogP) is 2.98. The summed E-state index contributed by atoms with van der Waals surface area (Å²) in [6.07, 6.45) is 1.44. The summed E-state index contributed by atoms with van der Waals surface area (Å²) in [6.45, 7) is 7.48. The van der Waals surface area contributed by atoms with E-state index < -0.39 is 0 Å². The molecule has 1 aliphatic rings. The molecule has 1 aromatic carbocycles. The first-order valence-electron chi connectivity index (χ1n) is 6.78. The number of hydrogen-bond donors (Lipinski definition) is 1. The number of hydrogen-bond acceptors (Lipinski definition) is 3. The molecule has 3 nitrogen and oxygen atoms in total. The van der Waals surface area contributed by atoms with E-state index in [1.54, 1.807) is 0 Å². The van der Waals surface area contributed by atoms with E-state index in [1.165, 1.54) is 12.1 Å². The van der Waals surface area contributed by atoms with Gasteiger partial charge in [-0.1, -0.05) is 0 Å². The van der Waals surface area contributed by atoms with Crippen LogP contribution in [-0.4, -0.2) is 36.7 Å². The maximum atomic E-state index is 5.64. The fraction of sp³-hybridized carbons (Fsp3) is 0.600. The quantitative estimate of drug-likeness (QED) is 0.886. The Morgan fingerprint density at radius 1 is 1.28 bits per heavy atom. The predicted molar refractivity (Wildman–Crippen MR) is 76.3 cm³/mol. The maximum absolute atomic E-state index is 5.64. The molecule has 2 atom stereocenters. The Hall–Kier alpha value is -1.22. The molecule has 18 heavy (non-hydrogen) atoms. The lowest BCUT2D eigenvalue weighted by molar-refractivity contribution is 0.242. The highest BCUT2D eigenvalue weighted by molar-refractivity contribution is 5.47. The fourth-order valence-electron chi connectivity index (χ4n) is 2.44. The summed E-state index contributed by atoms with van der Waals surface area (Å²) in [5, 5.41) is 3.58. The third-order valence-electron chi connectivity index (χ3n) is 3.48. The van der Waals surface area contributed by atoms with Gasteiger partial charge in [-0.05, 0) is 58.5 Å². The van der Waals surface area contributed by atoms with Gasteiger partial charge in [-0.15, -0.1) is 0 Å². The van der Waals surface area contributed by atoms with Crippen LogP contribution in [0.15, 0.2) is 24.3 Å². The number of nitrogens with zero attached hydrogens (tertiary/aromatic N) is 1. The Balaban J connectivity index is 1.90. The number of rotatable bonds is 4. The van der Waals surface area contributed by atoms with Crippen LogP contribution in [0.5, 0.6) is 5.75 Å². The fourth-order valence-corrected chi connectivity index (χ4v) is 2.44. The van der Waals surface area contributed by atoms with Gasteiger partial charge in [-0.3, -0.25) is 0 Å². The van der Waals surface area contributed by atoms with Gasteiger partial charge in [-0.25, -0.2) is 0 Å². The van der Waals surface area contributed by atoms with Crippen LogP contribution in [0.3, 0.4) is 0 Å². The first-order chi connectivity index (χ1) is 8.54. The van der Waals surface area contributed by atoms with E-state index in [0.717, 1.165) is 12.3 Å². The second kappa shape index (κ2) is 5.61. The first kappa shape index (κ1) is 13.2. The van der Waals surface area contributed by atoms with Crippen LogP contribution in [0.2, 0.25) is 0 Å². The van der Waals surface area contributed by atoms with Crippen LogP contribution in [0.4, 0.5) is 5.69 Å². The number of ether oxygens (including phenoxy) is 1. The molecule has 0 amide bonds. The number of anilines is 1. The van der Waals surface area contributed by atoms with E-state index in [-0.39, 0.29) is 6.10 Å². The third-order valence-corrected chi connectivity index (χ3v) is 3.48. The minimum Gasteiger partial charge on any atom is -0.491 e. The normalized spacial score (nSPS) is 24.5. The standard InChI is InChI=1S/C15H24N2O/c1-11(2)18-15-7-5-13(6-8-15)16-14-9-12(3)17(4)10-14/h5-8,11-12,14,16H,9-10H2,1-4H3. The summed E-state index contributed by atoms with van der Waals surface area (Å²) in [4.78, 5) is 2.40. The van der Waals surface area contributed by atoms with Crippen molar-refractivity contribution in [2.45, 2.75) is 45.4 Å². The third kappa shape index (κ3) is 3.39. The molecule has 1 saturated heterocycles. The van der Waals surface area contributed by atoms with Crippen LogP contribution in [-0.2, 0) is 0 Å². The Bertz CT molecular complexity index is 365. The molecule has 0 aliphatic carbocycles. The van der Waals surface area contributed by atoms with Gasteiger partial charge in [0.2, 0.25) is 0 Å². The summed E-state index contributed by atoms with van der Waals surface area (Å²) >= 11 is 0. The maximum Gasteiger partial charge on any atom is 0.119 e. The zero-order valence-corrected chi connectivity index (χ0v) is 11.8. The van der Waals surface area contributed by atoms with Crippen molar-refractivity contribution in [2.24, 2.45) is 0 Å². The van der Waals surface area contributed by atoms with Crippen molar-refractivity contribution in [3.05, 3.63) is 24.3 Å². The minimum absolute atomic E-state index is 0.230. The molecule has 0 saturated carbocycles. The number of nitrogens with one attached hydrogen (secondary N) is 1. The number of likely N-dealkylation sites (N-methyl/N-ethyl adjacent to an activating group) is 1. The molecule has 0 aromatic heterocycles. The first-order valence-corrected chi connectivity index (χ1v) is 6.78. The lowest BCUT2D eigenvalue weighted by Gasteiger charge is -2.15. The van der Waals surface area contributed by atoms with Crippen LogP contribution >= 0.6 is 0 Å². The van der Waals surface area contributed by atoms with Crippen molar-refractivity contribution in [3.63, 3.8) is 0 Å². The molecule has 0 radical (unpaired) electrons. The van der Waals surface area contributed by atoms with Gasteiger partial charge in [0.1, 0.15) is 5.75 Å². The molecule has 1 aliphatic heterocycles. The van der Waals surface area contributed by atoms with E-state index in [1.807, 2.05) is 26.0 Å². The largest absolute Gasteiger partial charge is 0.491 e. The van der Waals surface area contributed by atoms with Gasteiger partial charge in [0.25, 0.3) is 0 Å². The SMILES string of the molecule is CC(C)Oc1ccc(NC2CC(C)N(C)C2)cc1. The second-order valence-corrected chi connectivity index (χ2v) is 5.56.